The molecule has 8 heteroatoms. The molecule has 1 aromatic carbocycles. The van der Waals surface area contributed by atoms with Gasteiger partial charge in [-0.1, -0.05) is 12.1 Å². The molecular formula is C13H16N2O5S. The van der Waals surface area contributed by atoms with Crippen LogP contribution in [0, 0.1) is 10.1 Å². The SMILES string of the molecule is COC(=O)CCSC(C)C(=O)Nc1ccccc1[N+](=O)[O-]. The van der Waals surface area contributed by atoms with Gasteiger partial charge in [0.2, 0.25) is 5.91 Å². The third-order valence-corrected chi connectivity index (χ3v) is 3.78. The van der Waals surface area contributed by atoms with Crippen LogP contribution in [0.3, 0.4) is 0 Å². The number of methoxy groups -OCH3 is 1. The molecule has 0 saturated carbocycles. The van der Waals surface area contributed by atoms with E-state index in [1.807, 2.05) is 0 Å². The number of carbonyl (C=O) groups is 2. The molecule has 0 radical (unpaired) electrons. The zero-order valence-electron chi connectivity index (χ0n) is 11.7. The van der Waals surface area contributed by atoms with Crippen molar-refractivity contribution in [3.63, 3.8) is 0 Å². The highest BCUT2D eigenvalue weighted by atomic mass is 32.2. The van der Waals surface area contributed by atoms with Gasteiger partial charge in [-0.2, -0.15) is 0 Å². The molecule has 0 aliphatic carbocycles. The average Bonchev–Trinajstić information content (AvgIpc) is 2.47. The van der Waals surface area contributed by atoms with E-state index in [0.717, 1.165) is 0 Å². The number of benzene rings is 1. The van der Waals surface area contributed by atoms with Crippen molar-refractivity contribution in [3.8, 4) is 0 Å². The number of nitro benzene ring substituents is 1. The van der Waals surface area contributed by atoms with Crippen molar-refractivity contribution in [1.82, 2.24) is 0 Å². The van der Waals surface area contributed by atoms with Gasteiger partial charge in [-0.25, -0.2) is 0 Å². The number of anilines is 1. The fraction of sp³-hybridized carbons (Fsp3) is 0.385. The van der Waals surface area contributed by atoms with Gasteiger partial charge in [-0.3, -0.25) is 19.7 Å². The van der Waals surface area contributed by atoms with Crippen molar-refractivity contribution in [1.29, 1.82) is 0 Å². The summed E-state index contributed by atoms with van der Waals surface area (Å²) in [5.41, 5.74) is 0.00512. The summed E-state index contributed by atoms with van der Waals surface area (Å²) in [6, 6.07) is 5.94. The van der Waals surface area contributed by atoms with Crippen LogP contribution in [0.1, 0.15) is 13.3 Å². The first-order valence-electron chi connectivity index (χ1n) is 6.18. The van der Waals surface area contributed by atoms with E-state index in [9.17, 15) is 19.7 Å². The molecule has 0 aliphatic rings. The Morgan fingerprint density at radius 3 is 2.71 bits per heavy atom. The summed E-state index contributed by atoms with van der Waals surface area (Å²) in [4.78, 5) is 33.2. The van der Waals surface area contributed by atoms with Crippen LogP contribution in [0.25, 0.3) is 0 Å². The highest BCUT2D eigenvalue weighted by molar-refractivity contribution is 8.00. The zero-order valence-corrected chi connectivity index (χ0v) is 12.5. The van der Waals surface area contributed by atoms with Gasteiger partial charge in [0.05, 0.1) is 23.7 Å². The lowest BCUT2D eigenvalue weighted by molar-refractivity contribution is -0.383. The number of rotatable bonds is 7. The fourth-order valence-electron chi connectivity index (χ4n) is 1.47. The summed E-state index contributed by atoms with van der Waals surface area (Å²) < 4.78 is 4.50. The third-order valence-electron chi connectivity index (χ3n) is 2.63. The molecule has 0 aromatic heterocycles. The number of hydrogen-bond acceptors (Lipinski definition) is 6. The molecule has 1 N–H and O–H groups in total. The van der Waals surface area contributed by atoms with Gasteiger partial charge in [0.15, 0.2) is 0 Å². The van der Waals surface area contributed by atoms with Crippen molar-refractivity contribution < 1.29 is 19.2 Å². The van der Waals surface area contributed by atoms with Gasteiger partial charge in [0.25, 0.3) is 5.69 Å². The maximum Gasteiger partial charge on any atom is 0.306 e. The van der Waals surface area contributed by atoms with E-state index in [-0.39, 0.29) is 29.7 Å². The van der Waals surface area contributed by atoms with Crippen molar-refractivity contribution in [2.45, 2.75) is 18.6 Å². The maximum absolute atomic E-state index is 12.0. The van der Waals surface area contributed by atoms with Gasteiger partial charge in [0, 0.05) is 11.8 Å². The first-order valence-corrected chi connectivity index (χ1v) is 7.23. The highest BCUT2D eigenvalue weighted by Crippen LogP contribution is 2.24. The van der Waals surface area contributed by atoms with E-state index < -0.39 is 10.2 Å². The van der Waals surface area contributed by atoms with Crippen LogP contribution in [0.4, 0.5) is 11.4 Å². The second-order valence-electron chi connectivity index (χ2n) is 4.10. The van der Waals surface area contributed by atoms with Crippen LogP contribution in [0.2, 0.25) is 0 Å². The first-order chi connectivity index (χ1) is 9.95. The highest BCUT2D eigenvalue weighted by Gasteiger charge is 2.19. The van der Waals surface area contributed by atoms with Crippen LogP contribution in [0.15, 0.2) is 24.3 Å². The summed E-state index contributed by atoms with van der Waals surface area (Å²) >= 11 is 1.28. The molecule has 0 bridgehead atoms. The number of nitrogens with one attached hydrogen (secondary N) is 1. The Morgan fingerprint density at radius 2 is 2.10 bits per heavy atom. The molecule has 1 atom stereocenters. The second-order valence-corrected chi connectivity index (χ2v) is 5.55. The van der Waals surface area contributed by atoms with Crippen LogP contribution in [-0.2, 0) is 14.3 Å². The Labute approximate surface area is 126 Å². The lowest BCUT2D eigenvalue weighted by Crippen LogP contribution is -2.23. The van der Waals surface area contributed by atoms with E-state index in [2.05, 4.69) is 10.1 Å². The molecule has 0 saturated heterocycles. The molecule has 1 rings (SSSR count). The minimum Gasteiger partial charge on any atom is -0.469 e. The predicted octanol–water partition coefficient (Wildman–Crippen LogP) is 2.22. The molecule has 1 amide bonds. The third kappa shape index (κ3) is 5.42. The Hall–Kier alpha value is -2.09. The number of carbonyl (C=O) groups excluding carboxylic acids is 2. The monoisotopic (exact) mass is 312 g/mol. The van der Waals surface area contributed by atoms with Gasteiger partial charge in [-0.15, -0.1) is 11.8 Å². The number of ether oxygens (including phenoxy) is 1. The Morgan fingerprint density at radius 1 is 1.43 bits per heavy atom. The van der Waals surface area contributed by atoms with Crippen molar-refractivity contribution in [2.24, 2.45) is 0 Å². The zero-order chi connectivity index (χ0) is 15.8. The largest absolute Gasteiger partial charge is 0.469 e. The van der Waals surface area contributed by atoms with Gasteiger partial charge in [0.1, 0.15) is 5.69 Å². The van der Waals surface area contributed by atoms with Crippen molar-refractivity contribution in [3.05, 3.63) is 34.4 Å². The first kappa shape index (κ1) is 17.0. The molecular weight excluding hydrogens is 296 g/mol. The number of nitrogens with zero attached hydrogens (tertiary/aromatic N) is 1. The molecule has 0 spiro atoms. The van der Waals surface area contributed by atoms with Crippen LogP contribution in [-0.4, -0.2) is 34.9 Å². The Kier molecular flexibility index (Phi) is 6.67. The second kappa shape index (κ2) is 8.25. The summed E-state index contributed by atoms with van der Waals surface area (Å²) in [5, 5.41) is 12.9. The van der Waals surface area contributed by atoms with E-state index in [1.165, 1.54) is 37.1 Å². The quantitative estimate of drug-likeness (QED) is 0.471. The Balaban J connectivity index is 2.56. The number of amides is 1. The average molecular weight is 312 g/mol. The van der Waals surface area contributed by atoms with Gasteiger partial charge in [-0.05, 0) is 13.0 Å². The summed E-state index contributed by atoms with van der Waals surface area (Å²) in [5.74, 6) is -0.244. The summed E-state index contributed by atoms with van der Waals surface area (Å²) in [6.07, 6.45) is 0.213. The number of thioether (sulfide) groups is 1. The molecule has 21 heavy (non-hydrogen) atoms. The molecule has 7 nitrogen and oxygen atoms in total. The number of hydrogen-bond donors (Lipinski definition) is 1. The summed E-state index contributed by atoms with van der Waals surface area (Å²) in [7, 11) is 1.30. The minimum atomic E-state index is -0.551. The van der Waals surface area contributed by atoms with E-state index >= 15 is 0 Å². The number of esters is 1. The van der Waals surface area contributed by atoms with Crippen molar-refractivity contribution >= 4 is 35.0 Å². The summed E-state index contributed by atoms with van der Waals surface area (Å²) in [6.45, 7) is 1.67. The predicted molar refractivity (Wildman–Crippen MR) is 80.3 cm³/mol. The van der Waals surface area contributed by atoms with Crippen LogP contribution >= 0.6 is 11.8 Å². The smallest absolute Gasteiger partial charge is 0.306 e. The minimum absolute atomic E-state index is 0.155. The van der Waals surface area contributed by atoms with E-state index in [1.54, 1.807) is 13.0 Å². The van der Waals surface area contributed by atoms with Crippen molar-refractivity contribution in [2.75, 3.05) is 18.2 Å². The molecule has 0 heterocycles. The molecule has 0 fully saturated rings. The maximum atomic E-state index is 12.0. The van der Waals surface area contributed by atoms with E-state index in [0.29, 0.717) is 5.75 Å². The topological polar surface area (TPSA) is 98.5 Å². The molecule has 114 valence electrons. The fourth-order valence-corrected chi connectivity index (χ4v) is 2.32. The number of nitro groups is 1. The number of para-hydroxylation sites is 2. The normalized spacial score (nSPS) is 11.5. The standard InChI is InChI=1S/C13H16N2O5S/c1-9(21-8-7-12(16)20-2)13(17)14-10-5-3-4-6-11(10)15(18)19/h3-6,9H,7-8H2,1-2H3,(H,14,17). The lowest BCUT2D eigenvalue weighted by Gasteiger charge is -2.11. The molecule has 1 aromatic rings. The van der Waals surface area contributed by atoms with Crippen LogP contribution < -0.4 is 5.32 Å². The Bertz CT molecular complexity index is 535. The molecule has 1 unspecified atom stereocenters. The van der Waals surface area contributed by atoms with Crippen LogP contribution in [0.5, 0.6) is 0 Å². The lowest BCUT2D eigenvalue weighted by atomic mass is 10.2. The molecule has 0 aliphatic heterocycles. The van der Waals surface area contributed by atoms with E-state index in [4.69, 9.17) is 0 Å². The van der Waals surface area contributed by atoms with Gasteiger partial charge < -0.3 is 10.1 Å². The van der Waals surface area contributed by atoms with Gasteiger partial charge >= 0.3 is 5.97 Å².